The first-order valence-corrected chi connectivity index (χ1v) is 7.97. The number of rotatable bonds is 4. The Bertz CT molecular complexity index is 983. The fraction of sp³-hybridized carbons (Fsp3) is 0.0556. The van der Waals surface area contributed by atoms with E-state index in [0.29, 0.717) is 16.9 Å². The molecule has 8 heteroatoms. The maximum Gasteiger partial charge on any atom is 0.271 e. The second-order valence-electron chi connectivity index (χ2n) is 5.43. The molecule has 26 heavy (non-hydrogen) atoms. The van der Waals surface area contributed by atoms with Crippen molar-refractivity contribution in [3.8, 4) is 11.4 Å². The van der Waals surface area contributed by atoms with Gasteiger partial charge in [0.1, 0.15) is 16.7 Å². The number of aryl methyl sites for hydroxylation is 1. The number of carbonyl (C=O) groups excluding carboxylic acids is 1. The van der Waals surface area contributed by atoms with E-state index in [9.17, 15) is 14.3 Å². The normalized spacial score (nSPS) is 11.0. The van der Waals surface area contributed by atoms with E-state index < -0.39 is 5.91 Å². The number of hydrogen-bond acceptors (Lipinski definition) is 4. The highest BCUT2D eigenvalue weighted by Crippen LogP contribution is 2.22. The van der Waals surface area contributed by atoms with Gasteiger partial charge in [0.05, 0.1) is 23.2 Å². The van der Waals surface area contributed by atoms with Gasteiger partial charge in [-0.05, 0) is 49.4 Å². The zero-order valence-corrected chi connectivity index (χ0v) is 14.4. The molecular formula is C18H14ClFN4O2. The molecule has 3 aromatic rings. The number of carbonyl (C=O) groups is 1. The molecule has 0 saturated heterocycles. The number of aromatic hydroxyl groups is 1. The van der Waals surface area contributed by atoms with Crippen molar-refractivity contribution in [2.24, 2.45) is 5.10 Å². The van der Waals surface area contributed by atoms with Crippen LogP contribution < -0.4 is 5.43 Å². The SMILES string of the molecule is Cc1nn(-c2ccc(F)cc2)c(Cl)c1/C=N\NC(=O)c1cccc(O)c1. The number of nitrogens with zero attached hydrogens (tertiary/aromatic N) is 3. The zero-order chi connectivity index (χ0) is 18.7. The van der Waals surface area contributed by atoms with Crippen LogP contribution in [0.4, 0.5) is 4.39 Å². The third kappa shape index (κ3) is 3.73. The van der Waals surface area contributed by atoms with Crippen molar-refractivity contribution in [2.75, 3.05) is 0 Å². The lowest BCUT2D eigenvalue weighted by molar-refractivity contribution is 0.0954. The topological polar surface area (TPSA) is 79.5 Å². The molecule has 1 heterocycles. The highest BCUT2D eigenvalue weighted by Gasteiger charge is 2.13. The maximum absolute atomic E-state index is 13.1. The molecule has 0 spiro atoms. The van der Waals surface area contributed by atoms with Gasteiger partial charge in [-0.2, -0.15) is 10.2 Å². The molecule has 1 aromatic heterocycles. The summed E-state index contributed by atoms with van der Waals surface area (Å²) in [6, 6.07) is 11.6. The predicted octanol–water partition coefficient (Wildman–Crippen LogP) is 3.44. The molecule has 0 aliphatic heterocycles. The zero-order valence-electron chi connectivity index (χ0n) is 13.6. The second kappa shape index (κ2) is 7.37. The van der Waals surface area contributed by atoms with Crippen molar-refractivity contribution >= 4 is 23.7 Å². The molecule has 6 nitrogen and oxygen atoms in total. The van der Waals surface area contributed by atoms with Gasteiger partial charge in [0.2, 0.25) is 0 Å². The Morgan fingerprint density at radius 2 is 2.04 bits per heavy atom. The van der Waals surface area contributed by atoms with E-state index in [1.54, 1.807) is 31.2 Å². The third-order valence-electron chi connectivity index (χ3n) is 3.59. The summed E-state index contributed by atoms with van der Waals surface area (Å²) in [5.74, 6) is -0.844. The van der Waals surface area contributed by atoms with E-state index in [2.05, 4.69) is 15.6 Å². The van der Waals surface area contributed by atoms with Gasteiger partial charge in [0.25, 0.3) is 5.91 Å². The fourth-order valence-electron chi connectivity index (χ4n) is 2.28. The van der Waals surface area contributed by atoms with Crippen LogP contribution in [0.5, 0.6) is 5.75 Å². The summed E-state index contributed by atoms with van der Waals surface area (Å²) < 4.78 is 14.5. The van der Waals surface area contributed by atoms with Crippen LogP contribution in [0.2, 0.25) is 5.15 Å². The summed E-state index contributed by atoms with van der Waals surface area (Å²) in [4.78, 5) is 12.0. The molecule has 0 radical (unpaired) electrons. The van der Waals surface area contributed by atoms with Crippen molar-refractivity contribution in [2.45, 2.75) is 6.92 Å². The molecule has 132 valence electrons. The van der Waals surface area contributed by atoms with E-state index in [-0.39, 0.29) is 22.3 Å². The van der Waals surface area contributed by atoms with Crippen LogP contribution in [0.3, 0.4) is 0 Å². The Morgan fingerprint density at radius 1 is 1.31 bits per heavy atom. The highest BCUT2D eigenvalue weighted by molar-refractivity contribution is 6.32. The van der Waals surface area contributed by atoms with Crippen molar-refractivity contribution < 1.29 is 14.3 Å². The van der Waals surface area contributed by atoms with Gasteiger partial charge in [0, 0.05) is 5.56 Å². The minimum Gasteiger partial charge on any atom is -0.508 e. The average molecular weight is 373 g/mol. The maximum atomic E-state index is 13.1. The van der Waals surface area contributed by atoms with Crippen LogP contribution in [0.1, 0.15) is 21.6 Å². The number of nitrogens with one attached hydrogen (secondary N) is 1. The molecule has 0 saturated carbocycles. The number of benzene rings is 2. The van der Waals surface area contributed by atoms with Crippen LogP contribution in [0.15, 0.2) is 53.6 Å². The summed E-state index contributed by atoms with van der Waals surface area (Å²) in [5.41, 5.74) is 4.34. The van der Waals surface area contributed by atoms with Crippen LogP contribution in [-0.4, -0.2) is 27.0 Å². The summed E-state index contributed by atoms with van der Waals surface area (Å²) in [6.45, 7) is 1.74. The largest absolute Gasteiger partial charge is 0.508 e. The minimum absolute atomic E-state index is 0.0129. The monoisotopic (exact) mass is 372 g/mol. The van der Waals surface area contributed by atoms with Gasteiger partial charge in [0.15, 0.2) is 0 Å². The standard InChI is InChI=1S/C18H14ClFN4O2/c1-11-16(10-21-22-18(26)12-3-2-4-15(25)9-12)17(19)24(23-11)14-7-5-13(20)6-8-14/h2-10,25H,1H3,(H,22,26)/b21-10-. The summed E-state index contributed by atoms with van der Waals surface area (Å²) in [5, 5.41) is 17.9. The molecule has 0 bridgehead atoms. The lowest BCUT2D eigenvalue weighted by Gasteiger charge is -2.02. The lowest BCUT2D eigenvalue weighted by atomic mass is 10.2. The molecule has 0 aliphatic rings. The Morgan fingerprint density at radius 3 is 2.73 bits per heavy atom. The van der Waals surface area contributed by atoms with E-state index in [1.165, 1.54) is 35.2 Å². The van der Waals surface area contributed by atoms with Gasteiger partial charge in [-0.1, -0.05) is 17.7 Å². The van der Waals surface area contributed by atoms with Crippen LogP contribution >= 0.6 is 11.6 Å². The molecule has 0 fully saturated rings. The fourth-order valence-corrected chi connectivity index (χ4v) is 2.60. The molecule has 2 aromatic carbocycles. The van der Waals surface area contributed by atoms with E-state index in [0.717, 1.165) is 0 Å². The minimum atomic E-state index is -0.475. The van der Waals surface area contributed by atoms with Crippen LogP contribution in [0.25, 0.3) is 5.69 Å². The van der Waals surface area contributed by atoms with Gasteiger partial charge in [-0.25, -0.2) is 14.5 Å². The number of phenols is 1. The number of aromatic nitrogens is 2. The molecule has 0 aliphatic carbocycles. The van der Waals surface area contributed by atoms with Crippen LogP contribution in [0, 0.1) is 12.7 Å². The first-order valence-electron chi connectivity index (χ1n) is 7.59. The van der Waals surface area contributed by atoms with Crippen molar-refractivity contribution in [1.29, 1.82) is 0 Å². The van der Waals surface area contributed by atoms with Crippen molar-refractivity contribution in [1.82, 2.24) is 15.2 Å². The molecular weight excluding hydrogens is 359 g/mol. The number of amides is 1. The molecule has 0 unspecified atom stereocenters. The number of phenolic OH excluding ortho intramolecular Hbond substituents is 1. The Balaban J connectivity index is 1.78. The second-order valence-corrected chi connectivity index (χ2v) is 5.79. The third-order valence-corrected chi connectivity index (χ3v) is 3.95. The van der Waals surface area contributed by atoms with E-state index in [4.69, 9.17) is 11.6 Å². The smallest absolute Gasteiger partial charge is 0.271 e. The molecule has 3 rings (SSSR count). The number of hydrazone groups is 1. The van der Waals surface area contributed by atoms with Gasteiger partial charge < -0.3 is 5.11 Å². The summed E-state index contributed by atoms with van der Waals surface area (Å²) in [6.07, 6.45) is 1.38. The quantitative estimate of drug-likeness (QED) is 0.544. The summed E-state index contributed by atoms with van der Waals surface area (Å²) >= 11 is 6.33. The first kappa shape index (κ1) is 17.6. The molecule has 2 N–H and O–H groups in total. The van der Waals surface area contributed by atoms with Crippen LogP contribution in [-0.2, 0) is 0 Å². The Labute approximate surface area is 153 Å². The van der Waals surface area contributed by atoms with Gasteiger partial charge >= 0.3 is 0 Å². The highest BCUT2D eigenvalue weighted by atomic mass is 35.5. The predicted molar refractivity (Wildman–Crippen MR) is 96.4 cm³/mol. The summed E-state index contributed by atoms with van der Waals surface area (Å²) in [7, 11) is 0. The number of halogens is 2. The molecule has 1 amide bonds. The van der Waals surface area contributed by atoms with Gasteiger partial charge in [-0.15, -0.1) is 0 Å². The Hall–Kier alpha value is -3.19. The van der Waals surface area contributed by atoms with Gasteiger partial charge in [-0.3, -0.25) is 4.79 Å². The van der Waals surface area contributed by atoms with E-state index >= 15 is 0 Å². The molecule has 0 atom stereocenters. The Kier molecular flexibility index (Phi) is 4.99. The average Bonchev–Trinajstić information content (AvgIpc) is 2.90. The first-order chi connectivity index (χ1) is 12.5. The van der Waals surface area contributed by atoms with E-state index in [1.807, 2.05) is 0 Å². The van der Waals surface area contributed by atoms with Crippen molar-refractivity contribution in [3.63, 3.8) is 0 Å². The van der Waals surface area contributed by atoms with Crippen molar-refractivity contribution in [3.05, 3.63) is 76.3 Å². The lowest BCUT2D eigenvalue weighted by Crippen LogP contribution is -2.17. The number of hydrogen-bond donors (Lipinski definition) is 2.